The number of hydrogen-bond donors (Lipinski definition) is 1. The molecular formula is C19H22ClNO3. The van der Waals surface area contributed by atoms with Gasteiger partial charge in [-0.1, -0.05) is 37.6 Å². The monoisotopic (exact) mass is 347 g/mol. The molecule has 0 aliphatic carbocycles. The number of carbonyl (C=O) groups is 1. The highest BCUT2D eigenvalue weighted by molar-refractivity contribution is 6.33. The molecule has 0 aliphatic heterocycles. The maximum absolute atomic E-state index is 11.9. The van der Waals surface area contributed by atoms with Crippen LogP contribution in [0.1, 0.15) is 20.3 Å². The first-order chi connectivity index (χ1) is 11.5. The standard InChI is InChI=1S/C19H22ClNO3/c1-14(2)11-12-23-15-7-9-16(10-8-15)24-13-19(22)21-18-6-4-3-5-17(18)20/h3-10,14H,11-13H2,1-2H3,(H,21,22). The molecule has 2 aromatic carbocycles. The molecule has 0 aliphatic rings. The topological polar surface area (TPSA) is 47.6 Å². The van der Waals surface area contributed by atoms with Crippen molar-refractivity contribution in [3.05, 3.63) is 53.6 Å². The van der Waals surface area contributed by atoms with Crippen molar-refractivity contribution in [1.29, 1.82) is 0 Å². The molecule has 0 radical (unpaired) electrons. The van der Waals surface area contributed by atoms with E-state index < -0.39 is 0 Å². The van der Waals surface area contributed by atoms with Gasteiger partial charge in [-0.05, 0) is 48.7 Å². The van der Waals surface area contributed by atoms with Gasteiger partial charge in [0, 0.05) is 0 Å². The van der Waals surface area contributed by atoms with Gasteiger partial charge in [0.1, 0.15) is 11.5 Å². The lowest BCUT2D eigenvalue weighted by atomic mass is 10.1. The molecule has 0 saturated carbocycles. The van der Waals surface area contributed by atoms with Gasteiger partial charge < -0.3 is 14.8 Å². The SMILES string of the molecule is CC(C)CCOc1ccc(OCC(=O)Nc2ccccc2Cl)cc1. The molecule has 2 aromatic rings. The summed E-state index contributed by atoms with van der Waals surface area (Å²) in [5.74, 6) is 1.76. The Labute approximate surface area is 147 Å². The van der Waals surface area contributed by atoms with Crippen LogP contribution in [0.5, 0.6) is 11.5 Å². The first-order valence-corrected chi connectivity index (χ1v) is 8.32. The fraction of sp³-hybridized carbons (Fsp3) is 0.316. The van der Waals surface area contributed by atoms with Crippen LogP contribution in [0.2, 0.25) is 5.02 Å². The number of amides is 1. The van der Waals surface area contributed by atoms with Crippen molar-refractivity contribution in [2.75, 3.05) is 18.5 Å². The second kappa shape index (κ2) is 9.18. The number of rotatable bonds is 8. The van der Waals surface area contributed by atoms with Crippen molar-refractivity contribution in [2.45, 2.75) is 20.3 Å². The van der Waals surface area contributed by atoms with Crippen LogP contribution in [0.3, 0.4) is 0 Å². The number of nitrogens with one attached hydrogen (secondary N) is 1. The molecule has 2 rings (SSSR count). The molecule has 4 nitrogen and oxygen atoms in total. The van der Waals surface area contributed by atoms with E-state index in [1.54, 1.807) is 36.4 Å². The van der Waals surface area contributed by atoms with E-state index in [9.17, 15) is 4.79 Å². The van der Waals surface area contributed by atoms with E-state index in [2.05, 4.69) is 19.2 Å². The number of anilines is 1. The molecule has 1 N–H and O–H groups in total. The van der Waals surface area contributed by atoms with E-state index in [1.165, 1.54) is 0 Å². The van der Waals surface area contributed by atoms with Crippen LogP contribution < -0.4 is 14.8 Å². The number of halogens is 1. The van der Waals surface area contributed by atoms with Gasteiger partial charge >= 0.3 is 0 Å². The summed E-state index contributed by atoms with van der Waals surface area (Å²) in [6.07, 6.45) is 1.01. The average molecular weight is 348 g/mol. The number of benzene rings is 2. The third kappa shape index (κ3) is 6.13. The molecule has 5 heteroatoms. The summed E-state index contributed by atoms with van der Waals surface area (Å²) < 4.78 is 11.1. The highest BCUT2D eigenvalue weighted by Gasteiger charge is 2.06. The molecular weight excluding hydrogens is 326 g/mol. The van der Waals surface area contributed by atoms with Crippen LogP contribution >= 0.6 is 11.6 Å². The molecule has 0 atom stereocenters. The molecule has 0 spiro atoms. The van der Waals surface area contributed by atoms with Crippen LogP contribution in [0, 0.1) is 5.92 Å². The molecule has 24 heavy (non-hydrogen) atoms. The largest absolute Gasteiger partial charge is 0.494 e. The van der Waals surface area contributed by atoms with Gasteiger partial charge in [-0.15, -0.1) is 0 Å². The smallest absolute Gasteiger partial charge is 0.262 e. The summed E-state index contributed by atoms with van der Waals surface area (Å²) in [6, 6.07) is 14.3. The first-order valence-electron chi connectivity index (χ1n) is 7.94. The lowest BCUT2D eigenvalue weighted by Gasteiger charge is -2.10. The third-order valence-corrected chi connectivity index (χ3v) is 3.64. The molecule has 0 heterocycles. The zero-order valence-corrected chi connectivity index (χ0v) is 14.7. The minimum Gasteiger partial charge on any atom is -0.494 e. The minimum absolute atomic E-state index is 0.0845. The van der Waals surface area contributed by atoms with Gasteiger partial charge in [0.15, 0.2) is 6.61 Å². The van der Waals surface area contributed by atoms with E-state index in [-0.39, 0.29) is 12.5 Å². The Kier molecular flexibility index (Phi) is 6.94. The number of para-hydroxylation sites is 1. The second-order valence-corrected chi connectivity index (χ2v) is 6.23. The van der Waals surface area contributed by atoms with E-state index in [0.717, 1.165) is 12.2 Å². The maximum atomic E-state index is 11.9. The molecule has 0 saturated heterocycles. The van der Waals surface area contributed by atoms with Gasteiger partial charge in [-0.25, -0.2) is 0 Å². The normalized spacial score (nSPS) is 10.5. The van der Waals surface area contributed by atoms with E-state index >= 15 is 0 Å². The van der Waals surface area contributed by atoms with Crippen molar-refractivity contribution < 1.29 is 14.3 Å². The van der Waals surface area contributed by atoms with Crippen molar-refractivity contribution in [1.82, 2.24) is 0 Å². The molecule has 128 valence electrons. The summed E-state index contributed by atoms with van der Waals surface area (Å²) in [6.45, 7) is 4.93. The number of hydrogen-bond acceptors (Lipinski definition) is 3. The van der Waals surface area contributed by atoms with E-state index in [0.29, 0.717) is 29.0 Å². The Morgan fingerprint density at radius 3 is 2.29 bits per heavy atom. The van der Waals surface area contributed by atoms with Gasteiger partial charge in [0.05, 0.1) is 17.3 Å². The quantitative estimate of drug-likeness (QED) is 0.747. The average Bonchev–Trinajstić information content (AvgIpc) is 2.56. The van der Waals surface area contributed by atoms with Gasteiger partial charge in [0.2, 0.25) is 0 Å². The Morgan fingerprint density at radius 2 is 1.67 bits per heavy atom. The van der Waals surface area contributed by atoms with Crippen LogP contribution in [0.25, 0.3) is 0 Å². The fourth-order valence-electron chi connectivity index (χ4n) is 1.94. The zero-order chi connectivity index (χ0) is 17.4. The van der Waals surface area contributed by atoms with Crippen LogP contribution in [0.15, 0.2) is 48.5 Å². The fourth-order valence-corrected chi connectivity index (χ4v) is 2.13. The Hall–Kier alpha value is -2.20. The lowest BCUT2D eigenvalue weighted by molar-refractivity contribution is -0.118. The molecule has 1 amide bonds. The highest BCUT2D eigenvalue weighted by Crippen LogP contribution is 2.21. The third-order valence-electron chi connectivity index (χ3n) is 3.31. The molecule has 0 aromatic heterocycles. The zero-order valence-electron chi connectivity index (χ0n) is 13.9. The Balaban J connectivity index is 1.77. The lowest BCUT2D eigenvalue weighted by Crippen LogP contribution is -2.20. The molecule has 0 unspecified atom stereocenters. The predicted octanol–water partition coefficient (Wildman–Crippen LogP) is 4.78. The second-order valence-electron chi connectivity index (χ2n) is 5.82. The van der Waals surface area contributed by atoms with Crippen LogP contribution in [-0.4, -0.2) is 19.1 Å². The van der Waals surface area contributed by atoms with Crippen molar-refractivity contribution >= 4 is 23.2 Å². The van der Waals surface area contributed by atoms with Crippen molar-refractivity contribution in [3.63, 3.8) is 0 Å². The molecule has 0 fully saturated rings. The summed E-state index contributed by atoms with van der Waals surface area (Å²) in [5.41, 5.74) is 0.571. The minimum atomic E-state index is -0.264. The highest BCUT2D eigenvalue weighted by atomic mass is 35.5. The predicted molar refractivity (Wildman–Crippen MR) is 97.0 cm³/mol. The van der Waals surface area contributed by atoms with E-state index in [1.807, 2.05) is 12.1 Å². The maximum Gasteiger partial charge on any atom is 0.262 e. The Morgan fingerprint density at radius 1 is 1.04 bits per heavy atom. The van der Waals surface area contributed by atoms with Gasteiger partial charge in [-0.3, -0.25) is 4.79 Å². The number of carbonyl (C=O) groups excluding carboxylic acids is 1. The number of ether oxygens (including phenoxy) is 2. The Bertz CT molecular complexity index is 656. The summed E-state index contributed by atoms with van der Waals surface area (Å²) in [5, 5.41) is 3.20. The van der Waals surface area contributed by atoms with Crippen molar-refractivity contribution in [2.24, 2.45) is 5.92 Å². The van der Waals surface area contributed by atoms with Crippen LogP contribution in [-0.2, 0) is 4.79 Å². The van der Waals surface area contributed by atoms with E-state index in [4.69, 9.17) is 21.1 Å². The summed E-state index contributed by atoms with van der Waals surface area (Å²) in [4.78, 5) is 11.9. The molecule has 0 bridgehead atoms. The van der Waals surface area contributed by atoms with Gasteiger partial charge in [-0.2, -0.15) is 0 Å². The first kappa shape index (κ1) is 18.1. The summed E-state index contributed by atoms with van der Waals surface area (Å²) in [7, 11) is 0. The van der Waals surface area contributed by atoms with Crippen molar-refractivity contribution in [3.8, 4) is 11.5 Å². The summed E-state index contributed by atoms with van der Waals surface area (Å²) >= 11 is 5.99. The van der Waals surface area contributed by atoms with Crippen LogP contribution in [0.4, 0.5) is 5.69 Å². The van der Waals surface area contributed by atoms with Gasteiger partial charge in [0.25, 0.3) is 5.91 Å².